The SMILES string of the molecule is OC(c1ccc(F)c(Cl)c1)(c1ccc2c(cnn2-c2ccccc2)c1)C1CC1. The molecule has 1 fully saturated rings. The zero-order valence-corrected chi connectivity index (χ0v) is 15.8. The minimum atomic E-state index is -1.19. The van der Waals surface area contributed by atoms with Gasteiger partial charge in [0.1, 0.15) is 11.4 Å². The van der Waals surface area contributed by atoms with E-state index >= 15 is 0 Å². The van der Waals surface area contributed by atoms with Crippen molar-refractivity contribution in [2.75, 3.05) is 0 Å². The summed E-state index contributed by atoms with van der Waals surface area (Å²) in [6, 6.07) is 20.3. The molecular weight excluding hydrogens is 375 g/mol. The molecule has 0 aliphatic heterocycles. The Kier molecular flexibility index (Phi) is 4.00. The van der Waals surface area contributed by atoms with Gasteiger partial charge in [-0.15, -0.1) is 0 Å². The van der Waals surface area contributed by atoms with Crippen LogP contribution in [0.4, 0.5) is 4.39 Å². The van der Waals surface area contributed by atoms with Crippen LogP contribution in [-0.4, -0.2) is 14.9 Å². The van der Waals surface area contributed by atoms with E-state index in [1.165, 1.54) is 12.1 Å². The lowest BCUT2D eigenvalue weighted by Gasteiger charge is -2.30. The molecule has 1 unspecified atom stereocenters. The monoisotopic (exact) mass is 392 g/mol. The largest absolute Gasteiger partial charge is 0.380 e. The second kappa shape index (κ2) is 6.43. The Morgan fingerprint density at radius 2 is 1.71 bits per heavy atom. The number of benzene rings is 3. The third kappa shape index (κ3) is 2.72. The summed E-state index contributed by atoms with van der Waals surface area (Å²) in [4.78, 5) is 0. The summed E-state index contributed by atoms with van der Waals surface area (Å²) >= 11 is 6.00. The molecule has 5 heteroatoms. The van der Waals surface area contributed by atoms with Crippen LogP contribution >= 0.6 is 11.6 Å². The first-order valence-electron chi connectivity index (χ1n) is 9.29. The summed E-state index contributed by atoms with van der Waals surface area (Å²) in [5.74, 6) is -0.390. The van der Waals surface area contributed by atoms with Gasteiger partial charge in [-0.25, -0.2) is 9.07 Å². The second-order valence-electron chi connectivity index (χ2n) is 7.34. The van der Waals surface area contributed by atoms with Gasteiger partial charge < -0.3 is 5.11 Å². The maximum atomic E-state index is 13.7. The van der Waals surface area contributed by atoms with Gasteiger partial charge >= 0.3 is 0 Å². The zero-order chi connectivity index (χ0) is 19.3. The molecule has 1 aromatic heterocycles. The molecule has 1 atom stereocenters. The van der Waals surface area contributed by atoms with Crippen molar-refractivity contribution in [3.63, 3.8) is 0 Å². The van der Waals surface area contributed by atoms with E-state index in [2.05, 4.69) is 5.10 Å². The molecule has 3 nitrogen and oxygen atoms in total. The Balaban J connectivity index is 1.63. The Labute approximate surface area is 167 Å². The first-order chi connectivity index (χ1) is 13.6. The van der Waals surface area contributed by atoms with Crippen molar-refractivity contribution in [2.24, 2.45) is 5.92 Å². The lowest BCUT2D eigenvalue weighted by molar-refractivity contribution is 0.0565. The zero-order valence-electron chi connectivity index (χ0n) is 15.0. The first kappa shape index (κ1) is 17.4. The summed E-state index contributed by atoms with van der Waals surface area (Å²) in [5, 5.41) is 17.2. The molecule has 0 saturated heterocycles. The van der Waals surface area contributed by atoms with Gasteiger partial charge in [-0.05, 0) is 66.3 Å². The highest BCUT2D eigenvalue weighted by atomic mass is 35.5. The Hall–Kier alpha value is -2.69. The van der Waals surface area contributed by atoms with E-state index in [1.54, 1.807) is 12.3 Å². The quantitative estimate of drug-likeness (QED) is 0.500. The highest BCUT2D eigenvalue weighted by Gasteiger charge is 2.46. The molecule has 1 heterocycles. The van der Waals surface area contributed by atoms with Crippen molar-refractivity contribution in [2.45, 2.75) is 18.4 Å². The number of hydrogen-bond donors (Lipinski definition) is 1. The van der Waals surface area contributed by atoms with Crippen LogP contribution in [0.3, 0.4) is 0 Å². The van der Waals surface area contributed by atoms with Gasteiger partial charge in [-0.2, -0.15) is 5.10 Å². The van der Waals surface area contributed by atoms with E-state index in [0.29, 0.717) is 5.56 Å². The van der Waals surface area contributed by atoms with E-state index in [-0.39, 0.29) is 10.9 Å². The molecular formula is C23H18ClFN2O. The van der Waals surface area contributed by atoms with Crippen molar-refractivity contribution in [1.29, 1.82) is 0 Å². The average Bonchev–Trinajstić information content (AvgIpc) is 3.49. The number of fused-ring (bicyclic) bond motifs is 1. The third-order valence-corrected chi connectivity index (χ3v) is 5.83. The molecule has 1 N–H and O–H groups in total. The summed E-state index contributed by atoms with van der Waals surface area (Å²) in [6.45, 7) is 0. The number of rotatable bonds is 4. The van der Waals surface area contributed by atoms with Crippen molar-refractivity contribution in [3.05, 3.63) is 94.9 Å². The minimum Gasteiger partial charge on any atom is -0.380 e. The Morgan fingerprint density at radius 3 is 2.43 bits per heavy atom. The maximum absolute atomic E-state index is 13.7. The van der Waals surface area contributed by atoms with Gasteiger partial charge in [0, 0.05) is 5.39 Å². The van der Waals surface area contributed by atoms with Gasteiger partial charge in [0.05, 0.1) is 22.4 Å². The maximum Gasteiger partial charge on any atom is 0.141 e. The van der Waals surface area contributed by atoms with Crippen LogP contribution in [0.2, 0.25) is 5.02 Å². The summed E-state index contributed by atoms with van der Waals surface area (Å²) in [6.07, 6.45) is 3.65. The summed E-state index contributed by atoms with van der Waals surface area (Å²) < 4.78 is 15.5. The van der Waals surface area contributed by atoms with E-state index in [4.69, 9.17) is 11.6 Å². The van der Waals surface area contributed by atoms with Crippen LogP contribution in [0, 0.1) is 11.7 Å². The number of hydrogen-bond acceptors (Lipinski definition) is 2. The molecule has 28 heavy (non-hydrogen) atoms. The molecule has 0 radical (unpaired) electrons. The molecule has 0 amide bonds. The molecule has 1 saturated carbocycles. The van der Waals surface area contributed by atoms with E-state index < -0.39 is 11.4 Å². The number of halogens is 2. The van der Waals surface area contributed by atoms with Gasteiger partial charge in [-0.3, -0.25) is 0 Å². The van der Waals surface area contributed by atoms with E-state index in [9.17, 15) is 9.50 Å². The number of nitrogens with zero attached hydrogens (tertiary/aromatic N) is 2. The molecule has 3 aromatic carbocycles. The first-order valence-corrected chi connectivity index (χ1v) is 9.67. The Morgan fingerprint density at radius 1 is 1.00 bits per heavy atom. The van der Waals surface area contributed by atoms with Gasteiger partial charge in [0.25, 0.3) is 0 Å². The predicted molar refractivity (Wildman–Crippen MR) is 108 cm³/mol. The predicted octanol–water partition coefficient (Wildman–Crippen LogP) is 5.46. The van der Waals surface area contributed by atoms with Crippen LogP contribution < -0.4 is 0 Å². The lowest BCUT2D eigenvalue weighted by Crippen LogP contribution is -2.30. The van der Waals surface area contributed by atoms with Crippen molar-refractivity contribution < 1.29 is 9.50 Å². The molecule has 4 aromatic rings. The van der Waals surface area contributed by atoms with E-state index in [1.807, 2.05) is 53.2 Å². The third-order valence-electron chi connectivity index (χ3n) is 5.54. The molecule has 140 valence electrons. The van der Waals surface area contributed by atoms with Crippen molar-refractivity contribution >= 4 is 22.5 Å². The van der Waals surface area contributed by atoms with E-state index in [0.717, 1.165) is 35.0 Å². The summed E-state index contributed by atoms with van der Waals surface area (Å²) in [5.41, 5.74) is 2.15. The highest BCUT2D eigenvalue weighted by Crippen LogP contribution is 2.50. The standard InChI is InChI=1S/C23H18ClFN2O/c24-20-13-18(8-10-21(20)25)23(28,16-6-7-16)17-9-11-22-15(12-17)14-26-27(22)19-4-2-1-3-5-19/h1-5,8-14,16,28H,6-7H2. The van der Waals surface area contributed by atoms with Gasteiger partial charge in [0.15, 0.2) is 0 Å². The molecule has 1 aliphatic carbocycles. The fourth-order valence-corrected chi connectivity index (χ4v) is 4.10. The number of aliphatic hydroxyl groups is 1. The normalized spacial score (nSPS) is 16.2. The summed E-state index contributed by atoms with van der Waals surface area (Å²) in [7, 11) is 0. The average molecular weight is 393 g/mol. The van der Waals surface area contributed by atoms with Crippen molar-refractivity contribution in [1.82, 2.24) is 9.78 Å². The Bertz CT molecular complexity index is 1170. The second-order valence-corrected chi connectivity index (χ2v) is 7.74. The lowest BCUT2D eigenvalue weighted by atomic mass is 9.82. The van der Waals surface area contributed by atoms with Crippen LogP contribution in [0.1, 0.15) is 24.0 Å². The topological polar surface area (TPSA) is 38.1 Å². The molecule has 1 aliphatic rings. The van der Waals surface area contributed by atoms with Crippen LogP contribution in [0.5, 0.6) is 0 Å². The highest BCUT2D eigenvalue weighted by molar-refractivity contribution is 6.30. The molecule has 5 rings (SSSR count). The van der Waals surface area contributed by atoms with Crippen molar-refractivity contribution in [3.8, 4) is 5.69 Å². The fraction of sp³-hybridized carbons (Fsp3) is 0.174. The minimum absolute atomic E-state index is 0.0227. The number of para-hydroxylation sites is 1. The van der Waals surface area contributed by atoms with Crippen LogP contribution in [0.15, 0.2) is 72.9 Å². The fourth-order valence-electron chi connectivity index (χ4n) is 3.92. The molecule has 0 spiro atoms. The van der Waals surface area contributed by atoms with Crippen LogP contribution in [-0.2, 0) is 5.60 Å². The molecule has 0 bridgehead atoms. The van der Waals surface area contributed by atoms with Gasteiger partial charge in [-0.1, -0.05) is 41.9 Å². The van der Waals surface area contributed by atoms with Gasteiger partial charge in [0.2, 0.25) is 0 Å². The smallest absolute Gasteiger partial charge is 0.141 e. The van der Waals surface area contributed by atoms with Crippen LogP contribution in [0.25, 0.3) is 16.6 Å². The number of aromatic nitrogens is 2.